The molecule has 0 heterocycles. The fraction of sp³-hybridized carbons (Fsp3) is 0.571. The summed E-state index contributed by atoms with van der Waals surface area (Å²) in [5, 5.41) is 9.00. The maximum absolute atomic E-state index is 9.00. The lowest BCUT2D eigenvalue weighted by Gasteiger charge is -2.21. The highest BCUT2D eigenvalue weighted by Crippen LogP contribution is 2.24. The fourth-order valence-corrected chi connectivity index (χ4v) is 1.68. The molecule has 0 amide bonds. The Hall–Kier alpha value is -0.860. The predicted molar refractivity (Wildman–Crippen MR) is 68.4 cm³/mol. The Morgan fingerprint density at radius 3 is 2.31 bits per heavy atom. The summed E-state index contributed by atoms with van der Waals surface area (Å²) in [5.41, 5.74) is 4.14. The Labute approximate surface area is 98.9 Å². The molecule has 0 saturated carbocycles. The normalized spacial score (nSPS) is 12.2. The SMILES string of the molecule is Cc1cc(C(C)(C)C)ccc1CN(C)CO. The first kappa shape index (κ1) is 13.2. The van der Waals surface area contributed by atoms with Crippen LogP contribution in [0.15, 0.2) is 18.2 Å². The minimum atomic E-state index is 0.0977. The first-order chi connectivity index (χ1) is 7.34. The number of rotatable bonds is 3. The van der Waals surface area contributed by atoms with Gasteiger partial charge in [-0.2, -0.15) is 0 Å². The lowest BCUT2D eigenvalue weighted by Crippen LogP contribution is -2.19. The van der Waals surface area contributed by atoms with Crippen molar-refractivity contribution in [2.75, 3.05) is 13.8 Å². The molecule has 0 atom stereocenters. The Morgan fingerprint density at radius 2 is 1.88 bits per heavy atom. The van der Waals surface area contributed by atoms with Crippen molar-refractivity contribution >= 4 is 0 Å². The smallest absolute Gasteiger partial charge is 0.0956 e. The number of aliphatic hydroxyl groups excluding tert-OH is 1. The van der Waals surface area contributed by atoms with Gasteiger partial charge in [0.15, 0.2) is 0 Å². The van der Waals surface area contributed by atoms with E-state index in [1.54, 1.807) is 0 Å². The van der Waals surface area contributed by atoms with Gasteiger partial charge in [0.2, 0.25) is 0 Å². The number of aliphatic hydroxyl groups is 1. The van der Waals surface area contributed by atoms with Crippen LogP contribution in [-0.2, 0) is 12.0 Å². The van der Waals surface area contributed by atoms with E-state index in [1.807, 2.05) is 11.9 Å². The van der Waals surface area contributed by atoms with Crippen LogP contribution in [0, 0.1) is 6.92 Å². The van der Waals surface area contributed by atoms with Crippen molar-refractivity contribution in [3.05, 3.63) is 34.9 Å². The summed E-state index contributed by atoms with van der Waals surface area (Å²) in [6.07, 6.45) is 0. The van der Waals surface area contributed by atoms with Crippen molar-refractivity contribution in [2.24, 2.45) is 0 Å². The summed E-state index contributed by atoms with van der Waals surface area (Å²) in [6, 6.07) is 6.61. The Bertz CT molecular complexity index is 352. The maximum atomic E-state index is 9.00. The molecular formula is C14H23NO. The van der Waals surface area contributed by atoms with E-state index >= 15 is 0 Å². The molecule has 1 N–H and O–H groups in total. The summed E-state index contributed by atoms with van der Waals surface area (Å²) in [4.78, 5) is 1.89. The summed E-state index contributed by atoms with van der Waals surface area (Å²) in [7, 11) is 1.91. The molecular weight excluding hydrogens is 198 g/mol. The summed E-state index contributed by atoms with van der Waals surface area (Å²) < 4.78 is 0. The number of hydrogen-bond acceptors (Lipinski definition) is 2. The molecule has 0 spiro atoms. The van der Waals surface area contributed by atoms with Crippen molar-refractivity contribution < 1.29 is 5.11 Å². The zero-order valence-electron chi connectivity index (χ0n) is 11.0. The molecule has 0 fully saturated rings. The van der Waals surface area contributed by atoms with Gasteiger partial charge in [0.25, 0.3) is 0 Å². The minimum absolute atomic E-state index is 0.0977. The van der Waals surface area contributed by atoms with E-state index in [2.05, 4.69) is 45.9 Å². The van der Waals surface area contributed by atoms with Crippen molar-refractivity contribution in [3.8, 4) is 0 Å². The van der Waals surface area contributed by atoms with Crippen LogP contribution in [0.5, 0.6) is 0 Å². The van der Waals surface area contributed by atoms with Crippen LogP contribution in [0.1, 0.15) is 37.5 Å². The summed E-state index contributed by atoms with van der Waals surface area (Å²) >= 11 is 0. The third-order valence-electron chi connectivity index (χ3n) is 2.89. The van der Waals surface area contributed by atoms with Crippen LogP contribution in [0.2, 0.25) is 0 Å². The van der Waals surface area contributed by atoms with Crippen LogP contribution in [0.4, 0.5) is 0 Å². The maximum Gasteiger partial charge on any atom is 0.0956 e. The van der Waals surface area contributed by atoms with Crippen molar-refractivity contribution in [2.45, 2.75) is 39.7 Å². The number of aryl methyl sites for hydroxylation is 1. The largest absolute Gasteiger partial charge is 0.381 e. The monoisotopic (exact) mass is 221 g/mol. The Kier molecular flexibility index (Phi) is 4.11. The van der Waals surface area contributed by atoms with Crippen molar-refractivity contribution in [1.82, 2.24) is 4.90 Å². The highest BCUT2D eigenvalue weighted by Gasteiger charge is 2.14. The Balaban J connectivity index is 2.92. The molecule has 0 saturated heterocycles. The average Bonchev–Trinajstić information content (AvgIpc) is 2.19. The quantitative estimate of drug-likeness (QED) is 0.793. The summed E-state index contributed by atoms with van der Waals surface area (Å²) in [5.74, 6) is 0. The molecule has 0 aliphatic carbocycles. The van der Waals surface area contributed by atoms with E-state index in [-0.39, 0.29) is 12.1 Å². The van der Waals surface area contributed by atoms with E-state index in [4.69, 9.17) is 5.11 Å². The van der Waals surface area contributed by atoms with Crippen LogP contribution in [0.3, 0.4) is 0 Å². The summed E-state index contributed by atoms with van der Waals surface area (Å²) in [6.45, 7) is 9.70. The van der Waals surface area contributed by atoms with Gasteiger partial charge in [-0.3, -0.25) is 4.90 Å². The lowest BCUT2D eigenvalue weighted by molar-refractivity contribution is 0.127. The van der Waals surface area contributed by atoms with E-state index in [0.717, 1.165) is 6.54 Å². The van der Waals surface area contributed by atoms with E-state index < -0.39 is 0 Å². The molecule has 0 radical (unpaired) electrons. The van der Waals surface area contributed by atoms with Gasteiger partial charge >= 0.3 is 0 Å². The molecule has 2 heteroatoms. The van der Waals surface area contributed by atoms with Crippen molar-refractivity contribution in [3.63, 3.8) is 0 Å². The standard InChI is InChI=1S/C14H23NO/c1-11-8-13(14(2,3)4)7-6-12(11)9-15(5)10-16/h6-8,16H,9-10H2,1-5H3. The minimum Gasteiger partial charge on any atom is -0.381 e. The zero-order valence-corrected chi connectivity index (χ0v) is 11.0. The van der Waals surface area contributed by atoms with Gasteiger partial charge in [0, 0.05) is 6.54 Å². The molecule has 1 rings (SSSR count). The van der Waals surface area contributed by atoms with Crippen LogP contribution in [-0.4, -0.2) is 23.8 Å². The topological polar surface area (TPSA) is 23.5 Å². The molecule has 16 heavy (non-hydrogen) atoms. The molecule has 1 aromatic rings. The molecule has 1 aromatic carbocycles. The van der Waals surface area contributed by atoms with E-state index in [1.165, 1.54) is 16.7 Å². The second-order valence-electron chi connectivity index (χ2n) is 5.55. The first-order valence-corrected chi connectivity index (χ1v) is 5.74. The van der Waals surface area contributed by atoms with Gasteiger partial charge in [-0.15, -0.1) is 0 Å². The van der Waals surface area contributed by atoms with Gasteiger partial charge in [-0.1, -0.05) is 39.0 Å². The predicted octanol–water partition coefficient (Wildman–Crippen LogP) is 2.67. The molecule has 0 aliphatic heterocycles. The average molecular weight is 221 g/mol. The first-order valence-electron chi connectivity index (χ1n) is 5.74. The molecule has 0 bridgehead atoms. The van der Waals surface area contributed by atoms with Gasteiger partial charge in [-0.25, -0.2) is 0 Å². The van der Waals surface area contributed by atoms with Crippen LogP contribution < -0.4 is 0 Å². The molecule has 0 unspecified atom stereocenters. The van der Waals surface area contributed by atoms with Crippen LogP contribution >= 0.6 is 0 Å². The number of hydrogen-bond donors (Lipinski definition) is 1. The molecule has 0 aliphatic rings. The zero-order chi connectivity index (χ0) is 12.3. The highest BCUT2D eigenvalue weighted by atomic mass is 16.3. The highest BCUT2D eigenvalue weighted by molar-refractivity contribution is 5.34. The third-order valence-corrected chi connectivity index (χ3v) is 2.89. The van der Waals surface area contributed by atoms with Gasteiger partial charge in [-0.05, 0) is 36.1 Å². The van der Waals surface area contributed by atoms with Crippen molar-refractivity contribution in [1.29, 1.82) is 0 Å². The molecule has 0 aromatic heterocycles. The molecule has 90 valence electrons. The second kappa shape index (κ2) is 4.98. The van der Waals surface area contributed by atoms with Gasteiger partial charge in [0.05, 0.1) is 6.73 Å². The van der Waals surface area contributed by atoms with Crippen LogP contribution in [0.25, 0.3) is 0 Å². The second-order valence-corrected chi connectivity index (χ2v) is 5.55. The number of benzene rings is 1. The molecule has 2 nitrogen and oxygen atoms in total. The fourth-order valence-electron chi connectivity index (χ4n) is 1.68. The van der Waals surface area contributed by atoms with Gasteiger partial charge < -0.3 is 5.11 Å². The third kappa shape index (κ3) is 3.32. The Morgan fingerprint density at radius 1 is 1.25 bits per heavy atom. The number of nitrogens with zero attached hydrogens (tertiary/aromatic N) is 1. The van der Waals surface area contributed by atoms with Gasteiger partial charge in [0.1, 0.15) is 0 Å². The van der Waals surface area contributed by atoms with E-state index in [9.17, 15) is 0 Å². The lowest BCUT2D eigenvalue weighted by atomic mass is 9.85. The van der Waals surface area contributed by atoms with E-state index in [0.29, 0.717) is 0 Å².